The molecule has 0 radical (unpaired) electrons. The minimum absolute atomic E-state index is 0.257. The summed E-state index contributed by atoms with van der Waals surface area (Å²) in [6.07, 6.45) is 5.74. The van der Waals surface area contributed by atoms with Crippen LogP contribution in [0.1, 0.15) is 16.1 Å². The molecule has 2 N–H and O–H groups in total. The zero-order valence-electron chi connectivity index (χ0n) is 19.5. The normalized spacial score (nSPS) is 10.8. The molecule has 3 aromatic heterocycles. The smallest absolute Gasteiger partial charge is 0.270 e. The SMILES string of the molecule is Cn1c(Nc2ccc(Cl)cc2)nc2cc(Oc3ccnc(C(=O)NCCc4ccncc4)c3)ccc21. The fraction of sp³-hybridized carbons (Fsp3) is 0.111. The Kier molecular flexibility index (Phi) is 6.77. The molecule has 0 aliphatic heterocycles. The summed E-state index contributed by atoms with van der Waals surface area (Å²) < 4.78 is 7.99. The van der Waals surface area contributed by atoms with Crippen LogP contribution in [0, 0.1) is 0 Å². The van der Waals surface area contributed by atoms with Gasteiger partial charge in [0.1, 0.15) is 17.2 Å². The third-order valence-corrected chi connectivity index (χ3v) is 5.85. The van der Waals surface area contributed by atoms with E-state index in [0.717, 1.165) is 22.3 Å². The first kappa shape index (κ1) is 23.3. The number of carbonyl (C=O) groups is 1. The van der Waals surface area contributed by atoms with E-state index in [1.54, 1.807) is 30.7 Å². The summed E-state index contributed by atoms with van der Waals surface area (Å²) in [5.74, 6) is 1.56. The van der Waals surface area contributed by atoms with Crippen LogP contribution in [-0.2, 0) is 13.5 Å². The quantitative estimate of drug-likeness (QED) is 0.292. The van der Waals surface area contributed by atoms with Crippen LogP contribution in [0.25, 0.3) is 11.0 Å². The number of halogens is 1. The van der Waals surface area contributed by atoms with Gasteiger partial charge in [-0.2, -0.15) is 0 Å². The van der Waals surface area contributed by atoms with Gasteiger partial charge >= 0.3 is 0 Å². The summed E-state index contributed by atoms with van der Waals surface area (Å²) >= 11 is 5.98. The van der Waals surface area contributed by atoms with E-state index < -0.39 is 0 Å². The van der Waals surface area contributed by atoms with Gasteiger partial charge in [-0.05, 0) is 66.6 Å². The topological polar surface area (TPSA) is 94.0 Å². The predicted molar refractivity (Wildman–Crippen MR) is 140 cm³/mol. The van der Waals surface area contributed by atoms with E-state index >= 15 is 0 Å². The zero-order chi connectivity index (χ0) is 24.9. The number of ether oxygens (including phenoxy) is 1. The monoisotopic (exact) mass is 498 g/mol. The van der Waals surface area contributed by atoms with Crippen LogP contribution < -0.4 is 15.4 Å². The lowest BCUT2D eigenvalue weighted by molar-refractivity contribution is 0.0949. The number of benzene rings is 2. The van der Waals surface area contributed by atoms with Gasteiger partial charge in [-0.1, -0.05) is 11.6 Å². The number of fused-ring (bicyclic) bond motifs is 1. The van der Waals surface area contributed by atoms with Crippen molar-refractivity contribution in [2.45, 2.75) is 6.42 Å². The van der Waals surface area contributed by atoms with E-state index in [0.29, 0.717) is 35.4 Å². The number of rotatable bonds is 8. The Morgan fingerprint density at radius 1 is 0.972 bits per heavy atom. The van der Waals surface area contributed by atoms with Crippen LogP contribution in [0.15, 0.2) is 85.3 Å². The van der Waals surface area contributed by atoms with Crippen molar-refractivity contribution in [2.75, 3.05) is 11.9 Å². The molecule has 5 aromatic rings. The molecule has 0 aliphatic rings. The minimum Gasteiger partial charge on any atom is -0.457 e. The summed E-state index contributed by atoms with van der Waals surface area (Å²) in [5.41, 5.74) is 4.00. The molecule has 2 aromatic carbocycles. The van der Waals surface area contributed by atoms with Gasteiger partial charge in [0.05, 0.1) is 11.0 Å². The van der Waals surface area contributed by atoms with Crippen molar-refractivity contribution >= 4 is 40.2 Å². The summed E-state index contributed by atoms with van der Waals surface area (Å²) in [4.78, 5) is 25.4. The number of nitrogens with zero attached hydrogens (tertiary/aromatic N) is 4. The molecule has 36 heavy (non-hydrogen) atoms. The summed E-state index contributed by atoms with van der Waals surface area (Å²) in [6, 6.07) is 20.3. The summed E-state index contributed by atoms with van der Waals surface area (Å²) in [5, 5.41) is 6.87. The number of hydrogen-bond acceptors (Lipinski definition) is 6. The zero-order valence-corrected chi connectivity index (χ0v) is 20.2. The van der Waals surface area contributed by atoms with Gasteiger partial charge in [0.2, 0.25) is 5.95 Å². The van der Waals surface area contributed by atoms with Gasteiger partial charge in [-0.15, -0.1) is 0 Å². The van der Waals surface area contributed by atoms with Crippen LogP contribution in [0.4, 0.5) is 11.6 Å². The third-order valence-electron chi connectivity index (χ3n) is 5.60. The number of nitrogens with one attached hydrogen (secondary N) is 2. The molecule has 0 saturated heterocycles. The van der Waals surface area contributed by atoms with E-state index in [1.165, 1.54) is 0 Å². The number of anilines is 2. The molecule has 0 spiro atoms. The highest BCUT2D eigenvalue weighted by atomic mass is 35.5. The second-order valence-corrected chi connectivity index (χ2v) is 8.55. The van der Waals surface area contributed by atoms with Crippen molar-refractivity contribution < 1.29 is 9.53 Å². The number of aromatic nitrogens is 4. The van der Waals surface area contributed by atoms with Gasteiger partial charge in [0, 0.05) is 55.0 Å². The van der Waals surface area contributed by atoms with Crippen molar-refractivity contribution in [2.24, 2.45) is 7.05 Å². The molecule has 8 nitrogen and oxygen atoms in total. The van der Waals surface area contributed by atoms with E-state index in [9.17, 15) is 4.79 Å². The highest BCUT2D eigenvalue weighted by Gasteiger charge is 2.12. The highest BCUT2D eigenvalue weighted by Crippen LogP contribution is 2.28. The summed E-state index contributed by atoms with van der Waals surface area (Å²) in [7, 11) is 1.94. The second-order valence-electron chi connectivity index (χ2n) is 8.12. The largest absolute Gasteiger partial charge is 0.457 e. The first-order valence-electron chi connectivity index (χ1n) is 11.4. The lowest BCUT2D eigenvalue weighted by Crippen LogP contribution is -2.26. The van der Waals surface area contributed by atoms with Gasteiger partial charge < -0.3 is 19.9 Å². The summed E-state index contributed by atoms with van der Waals surface area (Å²) in [6.45, 7) is 0.498. The van der Waals surface area contributed by atoms with Gasteiger partial charge in [-0.3, -0.25) is 14.8 Å². The molecule has 0 atom stereocenters. The van der Waals surface area contributed by atoms with Crippen LogP contribution in [-0.4, -0.2) is 32.0 Å². The number of carbonyl (C=O) groups excluding carboxylic acids is 1. The van der Waals surface area contributed by atoms with E-state index in [-0.39, 0.29) is 11.6 Å². The Balaban J connectivity index is 1.26. The molecular weight excluding hydrogens is 476 g/mol. The molecule has 5 rings (SSSR count). The molecule has 9 heteroatoms. The van der Waals surface area contributed by atoms with E-state index in [1.807, 2.05) is 66.2 Å². The number of hydrogen-bond donors (Lipinski definition) is 2. The second kappa shape index (κ2) is 10.5. The standard InChI is InChI=1S/C27H23ClN6O2/c1-34-25-7-6-21(16-23(25)33-27(34)32-20-4-2-19(28)3-5-20)36-22-11-15-30-24(17-22)26(35)31-14-10-18-8-12-29-13-9-18/h2-9,11-13,15-17H,10,14H2,1H3,(H,31,35)(H,32,33). The maximum atomic E-state index is 12.6. The van der Waals surface area contributed by atoms with Crippen molar-refractivity contribution in [3.8, 4) is 11.5 Å². The Morgan fingerprint density at radius 3 is 2.56 bits per heavy atom. The molecule has 180 valence electrons. The fourth-order valence-electron chi connectivity index (χ4n) is 3.71. The maximum Gasteiger partial charge on any atom is 0.270 e. The predicted octanol–water partition coefficient (Wildman–Crippen LogP) is 5.53. The van der Waals surface area contributed by atoms with Gasteiger partial charge in [0.15, 0.2) is 0 Å². The van der Waals surface area contributed by atoms with Gasteiger partial charge in [0.25, 0.3) is 5.91 Å². The molecule has 1 amide bonds. The lowest BCUT2D eigenvalue weighted by Gasteiger charge is -2.08. The Hall–Kier alpha value is -4.43. The number of pyridine rings is 2. The first-order valence-corrected chi connectivity index (χ1v) is 11.7. The maximum absolute atomic E-state index is 12.6. The number of amides is 1. The lowest BCUT2D eigenvalue weighted by atomic mass is 10.2. The van der Waals surface area contributed by atoms with Crippen molar-refractivity contribution in [3.63, 3.8) is 0 Å². The van der Waals surface area contributed by atoms with Crippen LogP contribution >= 0.6 is 11.6 Å². The Bertz CT molecular complexity index is 1500. The van der Waals surface area contributed by atoms with Crippen molar-refractivity contribution in [1.29, 1.82) is 0 Å². The highest BCUT2D eigenvalue weighted by molar-refractivity contribution is 6.30. The van der Waals surface area contributed by atoms with Crippen LogP contribution in [0.2, 0.25) is 5.02 Å². The average molecular weight is 499 g/mol. The number of aryl methyl sites for hydroxylation is 1. The molecule has 0 aliphatic carbocycles. The Labute approximate surface area is 213 Å². The molecule has 0 unspecified atom stereocenters. The molecular formula is C27H23ClN6O2. The van der Waals surface area contributed by atoms with Gasteiger partial charge in [-0.25, -0.2) is 4.98 Å². The van der Waals surface area contributed by atoms with E-state index in [4.69, 9.17) is 21.3 Å². The van der Waals surface area contributed by atoms with E-state index in [2.05, 4.69) is 20.6 Å². The molecule has 3 heterocycles. The number of imidazole rings is 1. The third kappa shape index (κ3) is 5.45. The molecule has 0 saturated carbocycles. The van der Waals surface area contributed by atoms with Crippen molar-refractivity contribution in [1.82, 2.24) is 24.8 Å². The van der Waals surface area contributed by atoms with Crippen molar-refractivity contribution in [3.05, 3.63) is 102 Å². The van der Waals surface area contributed by atoms with Crippen LogP contribution in [0.3, 0.4) is 0 Å². The average Bonchev–Trinajstić information content (AvgIpc) is 3.20. The van der Waals surface area contributed by atoms with Crippen LogP contribution in [0.5, 0.6) is 11.5 Å². The fourth-order valence-corrected chi connectivity index (χ4v) is 3.84. The Morgan fingerprint density at radius 2 is 1.75 bits per heavy atom. The molecule has 0 bridgehead atoms. The minimum atomic E-state index is -0.257. The molecule has 0 fully saturated rings. The first-order chi connectivity index (χ1) is 17.5.